The minimum absolute atomic E-state index is 0.0348. The number of benzene rings is 1. The highest BCUT2D eigenvalue weighted by Gasteiger charge is 2.17. The van der Waals surface area contributed by atoms with Crippen LogP contribution < -0.4 is 11.1 Å². The first kappa shape index (κ1) is 19.6. The lowest BCUT2D eigenvalue weighted by atomic mass is 9.97. The molecule has 3 N–H and O–H groups in total. The van der Waals surface area contributed by atoms with Crippen LogP contribution in [0.25, 0.3) is 0 Å². The van der Waals surface area contributed by atoms with Gasteiger partial charge in [0.2, 0.25) is 5.89 Å². The fourth-order valence-electron chi connectivity index (χ4n) is 3.16. The number of primary amides is 1. The molecule has 8 nitrogen and oxygen atoms in total. The van der Waals surface area contributed by atoms with E-state index < -0.39 is 5.91 Å². The van der Waals surface area contributed by atoms with Gasteiger partial charge in [-0.1, -0.05) is 47.1 Å². The molecule has 28 heavy (non-hydrogen) atoms. The van der Waals surface area contributed by atoms with E-state index in [1.165, 1.54) is 18.4 Å². The Morgan fingerprint density at radius 2 is 2.04 bits per heavy atom. The molecule has 1 aliphatic carbocycles. The van der Waals surface area contributed by atoms with Crippen LogP contribution in [0.5, 0.6) is 0 Å². The van der Waals surface area contributed by atoms with Crippen molar-refractivity contribution in [2.45, 2.75) is 45.2 Å². The minimum atomic E-state index is -0.771. The maximum absolute atomic E-state index is 12.7. The van der Waals surface area contributed by atoms with Crippen LogP contribution in [0.2, 0.25) is 0 Å². The lowest BCUT2D eigenvalue weighted by Gasteiger charge is -2.24. The number of nitrogens with two attached hydrogens (primary N) is 1. The number of carbonyl (C=O) groups is 2. The van der Waals surface area contributed by atoms with Crippen LogP contribution in [0.15, 0.2) is 46.5 Å². The molecule has 0 unspecified atom stereocenters. The number of hydrogen-bond acceptors (Lipinski definition) is 5. The van der Waals surface area contributed by atoms with E-state index in [2.05, 4.69) is 21.5 Å². The predicted octanol–water partition coefficient (Wildman–Crippen LogP) is 2.77. The van der Waals surface area contributed by atoms with Gasteiger partial charge in [0.15, 0.2) is 0 Å². The monoisotopic (exact) mass is 383 g/mol. The molecule has 0 saturated heterocycles. The molecule has 0 atom stereocenters. The first-order chi connectivity index (χ1) is 13.6. The second-order valence-electron chi connectivity index (χ2n) is 6.80. The van der Waals surface area contributed by atoms with E-state index in [4.69, 9.17) is 10.3 Å². The molecule has 0 spiro atoms. The van der Waals surface area contributed by atoms with Crippen molar-refractivity contribution in [1.29, 1.82) is 0 Å². The van der Waals surface area contributed by atoms with Gasteiger partial charge in [0, 0.05) is 13.1 Å². The Balaban J connectivity index is 1.61. The Labute approximate surface area is 163 Å². The molecular weight excluding hydrogens is 358 g/mol. The first-order valence-corrected chi connectivity index (χ1v) is 9.49. The highest BCUT2D eigenvalue weighted by atomic mass is 16.5. The highest BCUT2D eigenvalue weighted by molar-refractivity contribution is 5.88. The minimum Gasteiger partial charge on any atom is -0.363 e. The number of allylic oxidation sites excluding steroid dienone is 1. The molecule has 8 heteroatoms. The summed E-state index contributed by atoms with van der Waals surface area (Å²) in [6.07, 6.45) is 7.86. The molecule has 1 aromatic carbocycles. The average Bonchev–Trinajstić information content (AvgIpc) is 3.20. The summed E-state index contributed by atoms with van der Waals surface area (Å²) in [5, 5.41) is 6.25. The quantitative estimate of drug-likeness (QED) is 0.680. The van der Waals surface area contributed by atoms with Gasteiger partial charge in [-0.15, -0.1) is 0 Å². The third-order valence-corrected chi connectivity index (χ3v) is 4.67. The summed E-state index contributed by atoms with van der Waals surface area (Å²) in [4.78, 5) is 29.4. The van der Waals surface area contributed by atoms with E-state index in [-0.39, 0.29) is 24.3 Å². The Morgan fingerprint density at radius 1 is 1.21 bits per heavy atom. The van der Waals surface area contributed by atoms with Gasteiger partial charge in [-0.2, -0.15) is 4.98 Å². The summed E-state index contributed by atoms with van der Waals surface area (Å²) in [6, 6.07) is 9.64. The summed E-state index contributed by atoms with van der Waals surface area (Å²) >= 11 is 0. The molecule has 0 aliphatic heterocycles. The van der Waals surface area contributed by atoms with Crippen molar-refractivity contribution in [1.82, 2.24) is 20.4 Å². The largest absolute Gasteiger partial charge is 0.363 e. The van der Waals surface area contributed by atoms with E-state index in [0.717, 1.165) is 24.8 Å². The van der Waals surface area contributed by atoms with Crippen molar-refractivity contribution in [2.75, 3.05) is 6.54 Å². The Morgan fingerprint density at radius 3 is 2.71 bits per heavy atom. The van der Waals surface area contributed by atoms with E-state index >= 15 is 0 Å². The smallest absolute Gasteiger partial charge is 0.318 e. The first-order valence-electron chi connectivity index (χ1n) is 9.49. The second kappa shape index (κ2) is 9.68. The number of hydrogen-bond donors (Lipinski definition) is 2. The number of amides is 3. The number of aromatic nitrogens is 2. The second-order valence-corrected chi connectivity index (χ2v) is 6.80. The van der Waals surface area contributed by atoms with Gasteiger partial charge in [0.05, 0.1) is 6.54 Å². The van der Waals surface area contributed by atoms with Crippen molar-refractivity contribution >= 4 is 11.9 Å². The molecule has 1 aliphatic rings. The summed E-state index contributed by atoms with van der Waals surface area (Å²) in [7, 11) is 0. The molecule has 0 bridgehead atoms. The number of carbonyl (C=O) groups excluding carboxylic acids is 2. The van der Waals surface area contributed by atoms with Gasteiger partial charge in [0.1, 0.15) is 0 Å². The van der Waals surface area contributed by atoms with E-state index in [1.54, 1.807) is 4.90 Å². The number of nitrogens with zero attached hydrogens (tertiary/aromatic N) is 3. The summed E-state index contributed by atoms with van der Waals surface area (Å²) in [5.41, 5.74) is 7.58. The van der Waals surface area contributed by atoms with E-state index in [0.29, 0.717) is 13.1 Å². The maximum atomic E-state index is 12.7. The zero-order chi connectivity index (χ0) is 19.8. The molecule has 0 fully saturated rings. The van der Waals surface area contributed by atoms with Crippen LogP contribution in [0.4, 0.5) is 4.79 Å². The van der Waals surface area contributed by atoms with Gasteiger partial charge in [-0.3, -0.25) is 4.79 Å². The zero-order valence-corrected chi connectivity index (χ0v) is 15.8. The lowest BCUT2D eigenvalue weighted by Crippen LogP contribution is -2.40. The van der Waals surface area contributed by atoms with Crippen LogP contribution in [-0.2, 0) is 13.1 Å². The van der Waals surface area contributed by atoms with Gasteiger partial charge in [-0.25, -0.2) is 4.79 Å². The van der Waals surface area contributed by atoms with Gasteiger partial charge >= 0.3 is 6.03 Å². The average molecular weight is 383 g/mol. The van der Waals surface area contributed by atoms with Crippen molar-refractivity contribution in [2.24, 2.45) is 5.73 Å². The number of urea groups is 1. The number of nitrogens with one attached hydrogen (secondary N) is 1. The predicted molar refractivity (Wildman–Crippen MR) is 103 cm³/mol. The molecule has 3 amide bonds. The molecule has 3 rings (SSSR count). The van der Waals surface area contributed by atoms with Crippen molar-refractivity contribution in [3.63, 3.8) is 0 Å². The molecular formula is C20H25N5O3. The van der Waals surface area contributed by atoms with Gasteiger partial charge in [-0.05, 0) is 37.7 Å². The summed E-state index contributed by atoms with van der Waals surface area (Å²) < 4.78 is 4.93. The Hall–Kier alpha value is -3.16. The summed E-state index contributed by atoms with van der Waals surface area (Å²) in [6.45, 7) is 1.17. The molecule has 0 saturated carbocycles. The number of rotatable bonds is 8. The fraction of sp³-hybridized carbons (Fsp3) is 0.400. The van der Waals surface area contributed by atoms with Crippen LogP contribution in [-0.4, -0.2) is 33.5 Å². The van der Waals surface area contributed by atoms with Crippen molar-refractivity contribution in [3.8, 4) is 0 Å². The Bertz CT molecular complexity index is 831. The van der Waals surface area contributed by atoms with E-state index in [9.17, 15) is 9.59 Å². The molecule has 148 valence electrons. The zero-order valence-electron chi connectivity index (χ0n) is 15.8. The van der Waals surface area contributed by atoms with E-state index in [1.807, 2.05) is 30.3 Å². The summed E-state index contributed by atoms with van der Waals surface area (Å²) in [5.74, 6) is -0.834. The van der Waals surface area contributed by atoms with Gasteiger partial charge in [0.25, 0.3) is 11.7 Å². The Kier molecular flexibility index (Phi) is 6.78. The third-order valence-electron chi connectivity index (χ3n) is 4.67. The van der Waals surface area contributed by atoms with Gasteiger partial charge < -0.3 is 20.5 Å². The van der Waals surface area contributed by atoms with Crippen LogP contribution >= 0.6 is 0 Å². The molecule has 1 aromatic heterocycles. The molecule has 2 aromatic rings. The standard InChI is InChI=1S/C20H25N5O3/c21-18(26)19-23-17(28-24-19)13-22-20(27)25(14-16-9-5-2-6-10-16)12-11-15-7-3-1-4-8-15/h2,5-7,9-10H,1,3-4,8,11-14H2,(H2,21,26)(H,22,27). The van der Waals surface area contributed by atoms with Crippen LogP contribution in [0.3, 0.4) is 0 Å². The van der Waals surface area contributed by atoms with Crippen molar-refractivity contribution in [3.05, 3.63) is 59.3 Å². The van der Waals surface area contributed by atoms with Crippen LogP contribution in [0.1, 0.15) is 54.2 Å². The molecule has 1 heterocycles. The van der Waals surface area contributed by atoms with Crippen molar-refractivity contribution < 1.29 is 14.1 Å². The fourth-order valence-corrected chi connectivity index (χ4v) is 3.16. The topological polar surface area (TPSA) is 114 Å². The normalized spacial score (nSPS) is 13.6. The SMILES string of the molecule is NC(=O)c1noc(CNC(=O)N(CCC2=CCCCC2)Cc2ccccc2)n1. The molecule has 0 radical (unpaired) electrons. The highest BCUT2D eigenvalue weighted by Crippen LogP contribution is 2.20. The van der Waals surface area contributed by atoms with Crippen LogP contribution in [0, 0.1) is 0 Å². The maximum Gasteiger partial charge on any atom is 0.318 e. The lowest BCUT2D eigenvalue weighted by molar-refractivity contribution is 0.0987. The third kappa shape index (κ3) is 5.67.